The second-order valence-electron chi connectivity index (χ2n) is 5.22. The van der Waals surface area contributed by atoms with Gasteiger partial charge in [0.05, 0.1) is 20.0 Å². The van der Waals surface area contributed by atoms with Crippen molar-refractivity contribution in [2.24, 2.45) is 0 Å². The second-order valence-corrected chi connectivity index (χ2v) is 5.22. The molecule has 0 aliphatic carbocycles. The Hall–Kier alpha value is -3.42. The summed E-state index contributed by atoms with van der Waals surface area (Å²) in [7, 11) is 1.31. The molecular formula is C18H18O8. The number of carboxylic acids is 1. The number of benzene rings is 2. The van der Waals surface area contributed by atoms with E-state index in [0.29, 0.717) is 22.6 Å². The summed E-state index contributed by atoms with van der Waals surface area (Å²) in [6, 6.07) is 8.73. The summed E-state index contributed by atoms with van der Waals surface area (Å²) in [6.07, 6.45) is -0.0377. The molecule has 3 rings (SSSR count). The number of carbonyl (C=O) groups is 2. The minimum atomic E-state index is -2.13. The molecule has 1 aliphatic rings. The van der Waals surface area contributed by atoms with Crippen LogP contribution in [0.15, 0.2) is 36.4 Å². The molecule has 1 aliphatic heterocycles. The third-order valence-corrected chi connectivity index (χ3v) is 3.28. The van der Waals surface area contributed by atoms with Crippen LogP contribution in [-0.4, -0.2) is 41.1 Å². The van der Waals surface area contributed by atoms with Gasteiger partial charge in [0.15, 0.2) is 23.0 Å². The zero-order valence-electron chi connectivity index (χ0n) is 15.8. The number of hydrogen-bond acceptors (Lipinski definition) is 7. The van der Waals surface area contributed by atoms with Gasteiger partial charge in [-0.2, -0.15) is 0 Å². The van der Waals surface area contributed by atoms with Gasteiger partial charge in [0.25, 0.3) is 0 Å². The summed E-state index contributed by atoms with van der Waals surface area (Å²) in [4.78, 5) is 21.3. The molecule has 2 aromatic rings. The summed E-state index contributed by atoms with van der Waals surface area (Å²) in [5.41, 5.74) is 1.14. The van der Waals surface area contributed by atoms with Gasteiger partial charge in [-0.3, -0.25) is 9.59 Å². The van der Waals surface area contributed by atoms with Gasteiger partial charge < -0.3 is 29.5 Å². The molecule has 8 nitrogen and oxygen atoms in total. The Labute approximate surface area is 152 Å². The number of phenols is 2. The highest BCUT2D eigenvalue weighted by atomic mass is 16.7. The number of rotatable bonds is 4. The number of fused-ring (bicyclic) bond motifs is 1. The number of phenolic OH excluding ortho intramolecular Hbond substituents is 2. The maximum absolute atomic E-state index is 11.0. The molecule has 0 radical (unpaired) electrons. The van der Waals surface area contributed by atoms with Crippen LogP contribution >= 0.6 is 0 Å². The van der Waals surface area contributed by atoms with Gasteiger partial charge in [0.2, 0.25) is 6.75 Å². The molecule has 0 spiro atoms. The van der Waals surface area contributed by atoms with Crippen LogP contribution in [0.4, 0.5) is 0 Å². The van der Waals surface area contributed by atoms with E-state index in [1.807, 2.05) is 0 Å². The van der Waals surface area contributed by atoms with Gasteiger partial charge in [0, 0.05) is 0 Å². The number of aliphatic carboxylic acids is 1. The molecule has 0 saturated carbocycles. The standard InChI is InChI=1S/C10H10O4.C8H8O4/c1-12-10(11)5-7-2-3-8-9(4-7)14-6-13-8;9-6-2-1-5(3-7(6)10)4-8(11)12/h2-4H,5-6H2,1H3;1-3,9-10H,4H2,(H,11,12)/i6D2;. The normalized spacial score (nSPS) is 14.3. The first kappa shape index (κ1) is 16.1. The van der Waals surface area contributed by atoms with Crippen molar-refractivity contribution >= 4 is 11.9 Å². The minimum Gasteiger partial charge on any atom is -0.504 e. The topological polar surface area (TPSA) is 123 Å². The fourth-order valence-electron chi connectivity index (χ4n) is 2.03. The van der Waals surface area contributed by atoms with E-state index < -0.39 is 12.7 Å². The van der Waals surface area contributed by atoms with E-state index >= 15 is 0 Å². The lowest BCUT2D eigenvalue weighted by molar-refractivity contribution is -0.140. The van der Waals surface area contributed by atoms with Crippen LogP contribution in [0.5, 0.6) is 23.0 Å². The molecule has 26 heavy (non-hydrogen) atoms. The van der Waals surface area contributed by atoms with Crippen LogP contribution in [0.25, 0.3) is 0 Å². The quantitative estimate of drug-likeness (QED) is 0.555. The lowest BCUT2D eigenvalue weighted by Crippen LogP contribution is -2.04. The van der Waals surface area contributed by atoms with Gasteiger partial charge in [-0.15, -0.1) is 0 Å². The van der Waals surface area contributed by atoms with Crippen LogP contribution in [-0.2, 0) is 27.2 Å². The number of esters is 1. The minimum absolute atomic E-state index is 0.121. The molecule has 0 atom stereocenters. The zero-order chi connectivity index (χ0) is 20.9. The molecule has 0 bridgehead atoms. The van der Waals surface area contributed by atoms with Gasteiger partial charge >= 0.3 is 11.9 Å². The van der Waals surface area contributed by atoms with E-state index in [0.717, 1.165) is 0 Å². The Morgan fingerprint density at radius 1 is 1.04 bits per heavy atom. The maximum atomic E-state index is 11.0. The predicted octanol–water partition coefficient (Wildman–Crippen LogP) is 1.86. The fourth-order valence-corrected chi connectivity index (χ4v) is 2.03. The molecule has 1 heterocycles. The first-order chi connectivity index (χ1) is 13.1. The zero-order valence-corrected chi connectivity index (χ0v) is 13.8. The summed E-state index contributed by atoms with van der Waals surface area (Å²) < 4.78 is 28.8. The fraction of sp³-hybridized carbons (Fsp3) is 0.222. The van der Waals surface area contributed by atoms with Crippen molar-refractivity contribution in [3.63, 3.8) is 0 Å². The summed E-state index contributed by atoms with van der Waals surface area (Å²) in [5, 5.41) is 26.2. The molecule has 3 N–H and O–H groups in total. The van der Waals surface area contributed by atoms with E-state index in [1.165, 1.54) is 25.3 Å². The molecule has 138 valence electrons. The molecular weight excluding hydrogens is 344 g/mol. The number of carbonyl (C=O) groups excluding carboxylic acids is 1. The molecule has 0 saturated heterocycles. The Morgan fingerprint density at radius 3 is 2.35 bits per heavy atom. The highest BCUT2D eigenvalue weighted by molar-refractivity contribution is 5.72. The Bertz CT molecular complexity index is 882. The largest absolute Gasteiger partial charge is 0.504 e. The van der Waals surface area contributed by atoms with Gasteiger partial charge in [-0.25, -0.2) is 0 Å². The monoisotopic (exact) mass is 364 g/mol. The maximum Gasteiger partial charge on any atom is 0.309 e. The molecule has 0 unspecified atom stereocenters. The van der Waals surface area contributed by atoms with E-state index in [2.05, 4.69) is 4.74 Å². The number of carboxylic acid groups (broad SMARTS) is 1. The van der Waals surface area contributed by atoms with Crippen molar-refractivity contribution in [2.45, 2.75) is 12.8 Å². The van der Waals surface area contributed by atoms with Crippen molar-refractivity contribution in [1.29, 1.82) is 0 Å². The first-order valence-corrected chi connectivity index (χ1v) is 7.40. The molecule has 0 fully saturated rings. The molecule has 2 aromatic carbocycles. The molecule has 0 aromatic heterocycles. The average molecular weight is 364 g/mol. The summed E-state index contributed by atoms with van der Waals surface area (Å²) in [5.74, 6) is -1.25. The van der Waals surface area contributed by atoms with Crippen LogP contribution in [0, 0.1) is 0 Å². The van der Waals surface area contributed by atoms with Crippen LogP contribution in [0.1, 0.15) is 13.9 Å². The third kappa shape index (κ3) is 5.30. The van der Waals surface area contributed by atoms with Gasteiger partial charge in [-0.1, -0.05) is 12.1 Å². The van der Waals surface area contributed by atoms with Crippen molar-refractivity contribution < 1.29 is 41.9 Å². The Morgan fingerprint density at radius 2 is 1.69 bits per heavy atom. The first-order valence-electron chi connectivity index (χ1n) is 8.40. The van der Waals surface area contributed by atoms with Crippen LogP contribution in [0.2, 0.25) is 0 Å². The van der Waals surface area contributed by atoms with Crippen molar-refractivity contribution in [1.82, 2.24) is 0 Å². The summed E-state index contributed by atoms with van der Waals surface area (Å²) in [6.45, 7) is -2.13. The van der Waals surface area contributed by atoms with Gasteiger partial charge in [-0.05, 0) is 35.4 Å². The SMILES string of the molecule is O=C(O)Cc1ccc(O)c(O)c1.[2H]C1([2H])Oc2ccc(CC(=O)OC)cc2O1. The summed E-state index contributed by atoms with van der Waals surface area (Å²) >= 11 is 0. The van der Waals surface area contributed by atoms with Crippen LogP contribution in [0.3, 0.4) is 0 Å². The molecule has 0 amide bonds. The van der Waals surface area contributed by atoms with Crippen molar-refractivity contribution in [2.75, 3.05) is 13.9 Å². The third-order valence-electron chi connectivity index (χ3n) is 3.28. The highest BCUT2D eigenvalue weighted by Crippen LogP contribution is 2.32. The van der Waals surface area contributed by atoms with E-state index in [9.17, 15) is 9.59 Å². The number of ether oxygens (including phenoxy) is 3. The van der Waals surface area contributed by atoms with Crippen LogP contribution < -0.4 is 9.47 Å². The number of hydrogen-bond donors (Lipinski definition) is 3. The highest BCUT2D eigenvalue weighted by Gasteiger charge is 2.14. The van der Waals surface area contributed by atoms with Crippen molar-refractivity contribution in [3.05, 3.63) is 47.5 Å². The molecule has 8 heteroatoms. The second kappa shape index (κ2) is 8.61. The lowest BCUT2D eigenvalue weighted by Gasteiger charge is -2.01. The number of aromatic hydroxyl groups is 2. The number of methoxy groups -OCH3 is 1. The predicted molar refractivity (Wildman–Crippen MR) is 89.4 cm³/mol. The van der Waals surface area contributed by atoms with Crippen molar-refractivity contribution in [3.8, 4) is 23.0 Å². The van der Waals surface area contributed by atoms with E-state index in [4.69, 9.17) is 27.5 Å². The van der Waals surface area contributed by atoms with E-state index in [1.54, 1.807) is 18.2 Å². The smallest absolute Gasteiger partial charge is 0.309 e. The average Bonchev–Trinajstić information content (AvgIpc) is 2.91. The Kier molecular flexibility index (Phi) is 5.32. The lowest BCUT2D eigenvalue weighted by atomic mass is 10.1. The Balaban J connectivity index is 0.000000209. The van der Waals surface area contributed by atoms with E-state index in [-0.39, 0.29) is 30.3 Å². The van der Waals surface area contributed by atoms with Gasteiger partial charge in [0.1, 0.15) is 2.74 Å².